The fraction of sp³-hybridized carbons (Fsp3) is 0.154. The highest BCUT2D eigenvalue weighted by molar-refractivity contribution is 7.10. The number of thiophene rings is 1. The predicted molar refractivity (Wildman–Crippen MR) is 76.4 cm³/mol. The summed E-state index contributed by atoms with van der Waals surface area (Å²) in [5.41, 5.74) is -0.358. The van der Waals surface area contributed by atoms with E-state index in [9.17, 15) is 19.3 Å². The van der Waals surface area contributed by atoms with Gasteiger partial charge >= 0.3 is 5.97 Å². The number of halogens is 1. The number of nitrogens with one attached hydrogen (secondary N) is 1. The third-order valence-electron chi connectivity index (χ3n) is 2.92. The number of carboxylic acid groups (broad SMARTS) is 1. The number of aromatic carboxylic acids is 1. The molecule has 110 valence electrons. The number of carboxylic acids is 1. The van der Waals surface area contributed by atoms with E-state index >= 15 is 0 Å². The quantitative estimate of drug-likeness (QED) is 0.652. The highest BCUT2D eigenvalue weighted by Crippen LogP contribution is 2.27. The minimum atomic E-state index is -1.47. The van der Waals surface area contributed by atoms with E-state index in [4.69, 9.17) is 5.11 Å². The molecule has 0 unspecified atom stereocenters. The maximum absolute atomic E-state index is 13.8. The molecule has 1 aromatic heterocycles. The van der Waals surface area contributed by atoms with Crippen molar-refractivity contribution < 1.29 is 19.2 Å². The summed E-state index contributed by atoms with van der Waals surface area (Å²) in [4.78, 5) is 21.8. The van der Waals surface area contributed by atoms with E-state index in [2.05, 4.69) is 5.32 Å². The Kier molecular flexibility index (Phi) is 4.18. The summed E-state index contributed by atoms with van der Waals surface area (Å²) in [6.07, 6.45) is 0. The molecule has 1 aromatic carbocycles. The topological polar surface area (TPSA) is 92.5 Å². The number of benzene rings is 1. The second-order valence-electron chi connectivity index (χ2n) is 4.29. The van der Waals surface area contributed by atoms with Crippen LogP contribution in [0.15, 0.2) is 23.6 Å². The van der Waals surface area contributed by atoms with Crippen molar-refractivity contribution >= 4 is 28.7 Å². The summed E-state index contributed by atoms with van der Waals surface area (Å²) in [7, 11) is 0. The Morgan fingerprint density at radius 3 is 2.76 bits per heavy atom. The molecule has 0 bridgehead atoms. The smallest absolute Gasteiger partial charge is 0.342 e. The Hall–Kier alpha value is -2.48. The molecule has 2 aromatic rings. The van der Waals surface area contributed by atoms with Crippen molar-refractivity contribution in [3.05, 3.63) is 55.5 Å². The molecule has 0 aliphatic rings. The van der Waals surface area contributed by atoms with Gasteiger partial charge in [0.05, 0.1) is 16.7 Å². The van der Waals surface area contributed by atoms with E-state index in [0.29, 0.717) is 12.6 Å². The van der Waals surface area contributed by atoms with Gasteiger partial charge in [0.2, 0.25) is 0 Å². The van der Waals surface area contributed by atoms with Crippen LogP contribution in [0.25, 0.3) is 0 Å². The summed E-state index contributed by atoms with van der Waals surface area (Å²) in [5.74, 6) is -2.34. The van der Waals surface area contributed by atoms with E-state index in [0.717, 1.165) is 16.5 Å². The van der Waals surface area contributed by atoms with E-state index in [1.807, 2.05) is 18.4 Å². The van der Waals surface area contributed by atoms with Gasteiger partial charge in [-0.25, -0.2) is 9.18 Å². The van der Waals surface area contributed by atoms with Crippen LogP contribution in [0.2, 0.25) is 0 Å². The first-order chi connectivity index (χ1) is 9.90. The van der Waals surface area contributed by atoms with Gasteiger partial charge in [-0.05, 0) is 30.0 Å². The van der Waals surface area contributed by atoms with Crippen LogP contribution in [-0.4, -0.2) is 16.0 Å². The number of hydrogen-bond acceptors (Lipinski definition) is 5. The van der Waals surface area contributed by atoms with Crippen LogP contribution in [0.4, 0.5) is 15.8 Å². The van der Waals surface area contributed by atoms with Crippen LogP contribution in [-0.2, 0) is 6.54 Å². The van der Waals surface area contributed by atoms with Gasteiger partial charge in [0, 0.05) is 11.4 Å². The molecule has 0 amide bonds. The monoisotopic (exact) mass is 310 g/mol. The molecule has 1 heterocycles. The van der Waals surface area contributed by atoms with E-state index < -0.39 is 28.0 Å². The molecule has 0 aliphatic heterocycles. The minimum Gasteiger partial charge on any atom is -0.477 e. The van der Waals surface area contributed by atoms with E-state index in [-0.39, 0.29) is 5.69 Å². The zero-order chi connectivity index (χ0) is 15.6. The average molecular weight is 310 g/mol. The summed E-state index contributed by atoms with van der Waals surface area (Å²) >= 11 is 1.48. The molecule has 2 rings (SSSR count). The van der Waals surface area contributed by atoms with Crippen LogP contribution < -0.4 is 5.32 Å². The van der Waals surface area contributed by atoms with Crippen LogP contribution in [0.5, 0.6) is 0 Å². The zero-order valence-corrected chi connectivity index (χ0v) is 11.7. The van der Waals surface area contributed by atoms with Crippen molar-refractivity contribution in [3.8, 4) is 0 Å². The van der Waals surface area contributed by atoms with Crippen LogP contribution >= 0.6 is 11.3 Å². The van der Waals surface area contributed by atoms with Gasteiger partial charge in [-0.2, -0.15) is 0 Å². The Balaban J connectivity index is 2.32. The number of anilines is 1. The first-order valence-corrected chi connectivity index (χ1v) is 6.76. The Morgan fingerprint density at radius 2 is 2.24 bits per heavy atom. The first-order valence-electron chi connectivity index (χ1n) is 5.88. The lowest BCUT2D eigenvalue weighted by Gasteiger charge is -2.08. The number of nitro groups is 1. The maximum Gasteiger partial charge on any atom is 0.342 e. The molecule has 2 N–H and O–H groups in total. The third kappa shape index (κ3) is 3.16. The van der Waals surface area contributed by atoms with Gasteiger partial charge in [-0.1, -0.05) is 0 Å². The lowest BCUT2D eigenvalue weighted by atomic mass is 10.1. The number of hydrogen-bond donors (Lipinski definition) is 2. The minimum absolute atomic E-state index is 0.0780. The molecule has 0 atom stereocenters. The molecular formula is C13H11FN2O4S. The van der Waals surface area contributed by atoms with Crippen molar-refractivity contribution in [3.63, 3.8) is 0 Å². The molecule has 21 heavy (non-hydrogen) atoms. The fourth-order valence-electron chi connectivity index (χ4n) is 1.78. The molecular weight excluding hydrogens is 299 g/mol. The van der Waals surface area contributed by atoms with Crippen molar-refractivity contribution in [2.24, 2.45) is 0 Å². The van der Waals surface area contributed by atoms with Gasteiger partial charge in [-0.15, -0.1) is 11.3 Å². The summed E-state index contributed by atoms with van der Waals surface area (Å²) in [6.45, 7) is 2.22. The molecule has 0 aliphatic carbocycles. The molecule has 0 saturated carbocycles. The fourth-order valence-corrected chi connectivity index (χ4v) is 2.63. The lowest BCUT2D eigenvalue weighted by molar-refractivity contribution is -0.385. The normalized spacial score (nSPS) is 10.4. The largest absolute Gasteiger partial charge is 0.477 e. The second-order valence-corrected chi connectivity index (χ2v) is 5.29. The van der Waals surface area contributed by atoms with Gasteiger partial charge < -0.3 is 10.4 Å². The lowest BCUT2D eigenvalue weighted by Crippen LogP contribution is -2.07. The molecule has 0 fully saturated rings. The van der Waals surface area contributed by atoms with Gasteiger partial charge in [0.1, 0.15) is 5.56 Å². The third-order valence-corrected chi connectivity index (χ3v) is 3.94. The van der Waals surface area contributed by atoms with Crippen LogP contribution in [0.3, 0.4) is 0 Å². The van der Waals surface area contributed by atoms with E-state index in [1.165, 1.54) is 11.3 Å². The average Bonchev–Trinajstić information content (AvgIpc) is 2.82. The maximum atomic E-state index is 13.8. The highest BCUT2D eigenvalue weighted by atomic mass is 32.1. The van der Waals surface area contributed by atoms with Crippen LogP contribution in [0, 0.1) is 22.9 Å². The molecule has 0 radical (unpaired) electrons. The Morgan fingerprint density at radius 1 is 1.52 bits per heavy atom. The number of nitrogens with zero attached hydrogens (tertiary/aromatic N) is 1. The van der Waals surface area contributed by atoms with Gasteiger partial charge in [0.25, 0.3) is 5.69 Å². The molecule has 0 saturated heterocycles. The van der Waals surface area contributed by atoms with Gasteiger partial charge in [0.15, 0.2) is 5.82 Å². The van der Waals surface area contributed by atoms with Crippen molar-refractivity contribution in [2.75, 3.05) is 5.32 Å². The molecule has 6 nitrogen and oxygen atoms in total. The molecule has 8 heteroatoms. The van der Waals surface area contributed by atoms with Crippen LogP contribution in [0.1, 0.15) is 20.8 Å². The summed E-state index contributed by atoms with van der Waals surface area (Å²) < 4.78 is 13.8. The Labute approximate surface area is 123 Å². The van der Waals surface area contributed by atoms with Gasteiger partial charge in [-0.3, -0.25) is 10.1 Å². The standard InChI is InChI=1S/C13H11FN2O4S/c1-7-2-3-21-12(7)6-15-10-4-8(13(17)18)11(16(19)20)5-9(10)14/h2-5,15H,6H2,1H3,(H,17,18). The summed E-state index contributed by atoms with van der Waals surface area (Å²) in [6, 6.07) is 3.47. The number of carbonyl (C=O) groups is 1. The first kappa shape index (κ1) is 14.9. The molecule has 0 spiro atoms. The highest BCUT2D eigenvalue weighted by Gasteiger charge is 2.23. The van der Waals surface area contributed by atoms with Crippen molar-refractivity contribution in [2.45, 2.75) is 13.5 Å². The SMILES string of the molecule is Cc1ccsc1CNc1cc(C(=O)O)c([N+](=O)[O-])cc1F. The van der Waals surface area contributed by atoms with Crippen molar-refractivity contribution in [1.82, 2.24) is 0 Å². The van der Waals surface area contributed by atoms with E-state index in [1.54, 1.807) is 0 Å². The Bertz CT molecular complexity index is 714. The number of rotatable bonds is 5. The number of aryl methyl sites for hydroxylation is 1. The summed E-state index contributed by atoms with van der Waals surface area (Å²) in [5, 5.41) is 24.4. The van der Waals surface area contributed by atoms with Crippen molar-refractivity contribution in [1.29, 1.82) is 0 Å². The zero-order valence-electron chi connectivity index (χ0n) is 10.9. The predicted octanol–water partition coefficient (Wildman–Crippen LogP) is 3.41. The second kappa shape index (κ2) is 5.88. The number of nitro benzene ring substituents is 1.